The third-order valence-electron chi connectivity index (χ3n) is 3.69. The van der Waals surface area contributed by atoms with Crippen LogP contribution in [0.25, 0.3) is 22.2 Å². The van der Waals surface area contributed by atoms with E-state index in [4.69, 9.17) is 5.11 Å². The lowest BCUT2D eigenvalue weighted by Gasteiger charge is -2.04. The van der Waals surface area contributed by atoms with Crippen LogP contribution in [0.1, 0.15) is 34.8 Å². The van der Waals surface area contributed by atoms with Gasteiger partial charge in [0.25, 0.3) is 0 Å². The molecule has 3 aromatic rings. The fourth-order valence-corrected chi connectivity index (χ4v) is 2.47. The molecule has 5 nitrogen and oxygen atoms in total. The Labute approximate surface area is 133 Å². The van der Waals surface area contributed by atoms with Crippen molar-refractivity contribution >= 4 is 22.8 Å². The third-order valence-corrected chi connectivity index (χ3v) is 3.69. The number of benzene rings is 2. The molecule has 0 spiro atoms. The molecule has 3 rings (SSSR count). The molecule has 1 aromatic heterocycles. The van der Waals surface area contributed by atoms with Crippen molar-refractivity contribution in [3.63, 3.8) is 0 Å². The largest absolute Gasteiger partial charge is 0.478 e. The van der Waals surface area contributed by atoms with Gasteiger partial charge < -0.3 is 10.1 Å². The molecule has 2 N–H and O–H groups in total. The van der Waals surface area contributed by atoms with Crippen LogP contribution >= 0.6 is 0 Å². The maximum atomic E-state index is 12.1. The molecule has 0 fully saturated rings. The van der Waals surface area contributed by atoms with Crippen LogP contribution in [0.4, 0.5) is 0 Å². The molecule has 0 radical (unpaired) electrons. The monoisotopic (exact) mass is 308 g/mol. The standard InChI is InChI=1S/C18H16N2O3/c1-10(2)16(21)17-19-14-8-4-7-13(15(14)20-17)11-5-3-6-12(9-11)18(22)23/h3-10H,1-2H3,(H,19,20)(H,22,23). The number of nitrogens with zero attached hydrogens (tertiary/aromatic N) is 1. The van der Waals surface area contributed by atoms with Gasteiger partial charge in [-0.25, -0.2) is 9.78 Å². The smallest absolute Gasteiger partial charge is 0.335 e. The fraction of sp³-hybridized carbons (Fsp3) is 0.167. The molecular weight excluding hydrogens is 292 g/mol. The van der Waals surface area contributed by atoms with Gasteiger partial charge in [0.2, 0.25) is 5.78 Å². The van der Waals surface area contributed by atoms with Crippen molar-refractivity contribution in [2.45, 2.75) is 13.8 Å². The van der Waals surface area contributed by atoms with E-state index in [1.54, 1.807) is 18.2 Å². The average molecular weight is 308 g/mol. The van der Waals surface area contributed by atoms with E-state index < -0.39 is 5.97 Å². The molecule has 0 aliphatic carbocycles. The number of fused-ring (bicyclic) bond motifs is 1. The van der Waals surface area contributed by atoms with Crippen molar-refractivity contribution < 1.29 is 14.7 Å². The van der Waals surface area contributed by atoms with Gasteiger partial charge in [0.05, 0.1) is 16.6 Å². The van der Waals surface area contributed by atoms with Gasteiger partial charge in [0.1, 0.15) is 0 Å². The Bertz CT molecular complexity index is 910. The number of Topliss-reactive ketones (excluding diaryl/α,β-unsaturated/α-hetero) is 1. The molecule has 2 aromatic carbocycles. The first kappa shape index (κ1) is 15.0. The molecule has 23 heavy (non-hydrogen) atoms. The van der Waals surface area contributed by atoms with Crippen LogP contribution in [0.15, 0.2) is 42.5 Å². The minimum atomic E-state index is -0.975. The molecule has 116 valence electrons. The number of aromatic amines is 1. The van der Waals surface area contributed by atoms with Gasteiger partial charge in [0.15, 0.2) is 5.82 Å². The Balaban J connectivity index is 2.17. The van der Waals surface area contributed by atoms with Crippen molar-refractivity contribution in [1.29, 1.82) is 0 Å². The van der Waals surface area contributed by atoms with E-state index >= 15 is 0 Å². The summed E-state index contributed by atoms with van der Waals surface area (Å²) in [4.78, 5) is 30.8. The van der Waals surface area contributed by atoms with E-state index in [-0.39, 0.29) is 17.3 Å². The summed E-state index contributed by atoms with van der Waals surface area (Å²) in [5, 5.41) is 9.14. The lowest BCUT2D eigenvalue weighted by Crippen LogP contribution is -2.09. The number of H-pyrrole nitrogens is 1. The number of aromatic carboxylic acids is 1. The minimum Gasteiger partial charge on any atom is -0.478 e. The van der Waals surface area contributed by atoms with Crippen molar-refractivity contribution in [2.75, 3.05) is 0 Å². The summed E-state index contributed by atoms with van der Waals surface area (Å²) in [6.45, 7) is 3.65. The highest BCUT2D eigenvalue weighted by atomic mass is 16.4. The number of carbonyl (C=O) groups excluding carboxylic acids is 1. The molecule has 1 heterocycles. The second-order valence-electron chi connectivity index (χ2n) is 5.69. The average Bonchev–Trinajstić information content (AvgIpc) is 2.97. The van der Waals surface area contributed by atoms with Gasteiger partial charge in [-0.1, -0.05) is 38.1 Å². The molecule has 5 heteroatoms. The van der Waals surface area contributed by atoms with Crippen molar-refractivity contribution in [2.24, 2.45) is 5.92 Å². The number of carboxylic acid groups (broad SMARTS) is 1. The second kappa shape index (κ2) is 5.68. The Kier molecular flexibility index (Phi) is 3.70. The number of carboxylic acids is 1. The predicted molar refractivity (Wildman–Crippen MR) is 87.7 cm³/mol. The summed E-state index contributed by atoms with van der Waals surface area (Å²) in [5.74, 6) is -0.839. The highest BCUT2D eigenvalue weighted by Gasteiger charge is 2.17. The number of aromatic nitrogens is 2. The Morgan fingerprint density at radius 1 is 1.13 bits per heavy atom. The predicted octanol–water partition coefficient (Wildman–Crippen LogP) is 3.77. The van der Waals surface area contributed by atoms with Crippen molar-refractivity contribution in [1.82, 2.24) is 9.97 Å². The van der Waals surface area contributed by atoms with Crippen LogP contribution < -0.4 is 0 Å². The molecule has 0 bridgehead atoms. The first-order chi connectivity index (χ1) is 11.0. The quantitative estimate of drug-likeness (QED) is 0.719. The zero-order valence-electron chi connectivity index (χ0n) is 12.8. The van der Waals surface area contributed by atoms with Crippen LogP contribution in [0.2, 0.25) is 0 Å². The van der Waals surface area contributed by atoms with Gasteiger partial charge in [-0.05, 0) is 23.8 Å². The summed E-state index contributed by atoms with van der Waals surface area (Å²) >= 11 is 0. The second-order valence-corrected chi connectivity index (χ2v) is 5.69. The number of carbonyl (C=O) groups is 2. The van der Waals surface area contributed by atoms with Crippen molar-refractivity contribution in [3.05, 3.63) is 53.9 Å². The molecule has 0 aliphatic rings. The van der Waals surface area contributed by atoms with E-state index in [0.717, 1.165) is 16.6 Å². The lowest BCUT2D eigenvalue weighted by atomic mass is 10.0. The van der Waals surface area contributed by atoms with Crippen LogP contribution in [-0.4, -0.2) is 26.8 Å². The summed E-state index contributed by atoms with van der Waals surface area (Å²) in [7, 11) is 0. The summed E-state index contributed by atoms with van der Waals surface area (Å²) in [6.07, 6.45) is 0. The Morgan fingerprint density at radius 2 is 1.87 bits per heavy atom. The number of hydrogen-bond donors (Lipinski definition) is 2. The van der Waals surface area contributed by atoms with E-state index in [2.05, 4.69) is 9.97 Å². The molecule has 0 atom stereocenters. The lowest BCUT2D eigenvalue weighted by molar-refractivity contribution is 0.0696. The van der Waals surface area contributed by atoms with E-state index in [1.807, 2.05) is 38.1 Å². The Morgan fingerprint density at radius 3 is 2.57 bits per heavy atom. The molecule has 0 amide bonds. The van der Waals surface area contributed by atoms with Gasteiger partial charge >= 0.3 is 5.97 Å². The highest BCUT2D eigenvalue weighted by Crippen LogP contribution is 2.28. The number of rotatable bonds is 4. The van der Waals surface area contributed by atoms with E-state index in [1.165, 1.54) is 0 Å². The maximum absolute atomic E-state index is 12.1. The normalized spacial score (nSPS) is 11.1. The first-order valence-corrected chi connectivity index (χ1v) is 7.34. The molecule has 0 unspecified atom stereocenters. The molecule has 0 saturated carbocycles. The number of hydrogen-bond acceptors (Lipinski definition) is 3. The fourth-order valence-electron chi connectivity index (χ4n) is 2.47. The maximum Gasteiger partial charge on any atom is 0.335 e. The van der Waals surface area contributed by atoms with Gasteiger partial charge in [-0.3, -0.25) is 4.79 Å². The summed E-state index contributed by atoms with van der Waals surface area (Å²) < 4.78 is 0. The Hall–Kier alpha value is -2.95. The number of nitrogens with one attached hydrogen (secondary N) is 1. The van der Waals surface area contributed by atoms with Crippen LogP contribution in [0.5, 0.6) is 0 Å². The van der Waals surface area contributed by atoms with E-state index in [0.29, 0.717) is 11.3 Å². The van der Waals surface area contributed by atoms with Crippen molar-refractivity contribution in [3.8, 4) is 11.1 Å². The molecule has 0 aliphatic heterocycles. The zero-order valence-corrected chi connectivity index (χ0v) is 12.8. The molecular formula is C18H16N2O3. The summed E-state index contributed by atoms with van der Waals surface area (Å²) in [6, 6.07) is 12.3. The van der Waals surface area contributed by atoms with Crippen LogP contribution in [0.3, 0.4) is 0 Å². The zero-order chi connectivity index (χ0) is 16.6. The highest BCUT2D eigenvalue weighted by molar-refractivity contribution is 6.00. The van der Waals surface area contributed by atoms with Gasteiger partial charge in [-0.2, -0.15) is 0 Å². The number of ketones is 1. The van der Waals surface area contributed by atoms with Gasteiger partial charge in [0, 0.05) is 11.5 Å². The van der Waals surface area contributed by atoms with Crippen LogP contribution in [-0.2, 0) is 0 Å². The summed E-state index contributed by atoms with van der Waals surface area (Å²) in [5.41, 5.74) is 3.19. The third kappa shape index (κ3) is 2.73. The number of imidazole rings is 1. The van der Waals surface area contributed by atoms with Crippen LogP contribution in [0, 0.1) is 5.92 Å². The topological polar surface area (TPSA) is 83.1 Å². The number of para-hydroxylation sites is 1. The van der Waals surface area contributed by atoms with Gasteiger partial charge in [-0.15, -0.1) is 0 Å². The minimum absolute atomic E-state index is 0.0496. The molecule has 0 saturated heterocycles. The first-order valence-electron chi connectivity index (χ1n) is 7.34. The SMILES string of the molecule is CC(C)C(=O)c1nc2c(-c3cccc(C(=O)O)c3)cccc2[nH]1. The van der Waals surface area contributed by atoms with E-state index in [9.17, 15) is 9.59 Å².